The average Bonchev–Trinajstić information content (AvgIpc) is 2.31. The predicted molar refractivity (Wildman–Crippen MR) is 80.4 cm³/mol. The standard InChI is InChI=1S/C13H20BrNO2.ClH/c1-3-5-11(16)13(15)10-8-9(14)6-7-12(10)17-4-2;/h6-8,11,13,16H,3-5,15H2,1-2H3;1H/t11-,13+;/m1./s1. The van der Waals surface area contributed by atoms with E-state index < -0.39 is 12.1 Å². The van der Waals surface area contributed by atoms with Crippen LogP contribution in [0.3, 0.4) is 0 Å². The molecular weight excluding hydrogens is 318 g/mol. The summed E-state index contributed by atoms with van der Waals surface area (Å²) in [6.45, 7) is 4.55. The first-order valence-corrected chi connectivity index (χ1v) is 6.75. The van der Waals surface area contributed by atoms with Crippen LogP contribution in [0.4, 0.5) is 0 Å². The van der Waals surface area contributed by atoms with Crippen molar-refractivity contribution >= 4 is 28.3 Å². The summed E-state index contributed by atoms with van der Waals surface area (Å²) in [7, 11) is 0. The smallest absolute Gasteiger partial charge is 0.124 e. The molecule has 5 heteroatoms. The molecule has 0 unspecified atom stereocenters. The summed E-state index contributed by atoms with van der Waals surface area (Å²) in [6, 6.07) is 5.29. The predicted octanol–water partition coefficient (Wildman–Crippen LogP) is 3.43. The molecule has 2 atom stereocenters. The lowest BCUT2D eigenvalue weighted by Crippen LogP contribution is -2.26. The highest BCUT2D eigenvalue weighted by atomic mass is 79.9. The zero-order valence-corrected chi connectivity index (χ0v) is 13.1. The monoisotopic (exact) mass is 337 g/mol. The van der Waals surface area contributed by atoms with Crippen molar-refractivity contribution in [2.24, 2.45) is 5.73 Å². The lowest BCUT2D eigenvalue weighted by atomic mass is 9.98. The van der Waals surface area contributed by atoms with Gasteiger partial charge in [-0.2, -0.15) is 0 Å². The van der Waals surface area contributed by atoms with E-state index in [0.717, 1.165) is 22.2 Å². The van der Waals surface area contributed by atoms with E-state index in [1.807, 2.05) is 32.0 Å². The average molecular weight is 339 g/mol. The summed E-state index contributed by atoms with van der Waals surface area (Å²) in [5.74, 6) is 0.748. The zero-order chi connectivity index (χ0) is 12.8. The van der Waals surface area contributed by atoms with E-state index in [9.17, 15) is 5.11 Å². The van der Waals surface area contributed by atoms with E-state index in [1.54, 1.807) is 0 Å². The van der Waals surface area contributed by atoms with E-state index in [1.165, 1.54) is 0 Å². The number of aliphatic hydroxyl groups excluding tert-OH is 1. The van der Waals surface area contributed by atoms with Crippen LogP contribution in [0.15, 0.2) is 22.7 Å². The third-order valence-corrected chi connectivity index (χ3v) is 3.12. The Balaban J connectivity index is 0.00000289. The van der Waals surface area contributed by atoms with Crippen molar-refractivity contribution in [1.29, 1.82) is 0 Å². The van der Waals surface area contributed by atoms with Gasteiger partial charge < -0.3 is 15.6 Å². The van der Waals surface area contributed by atoms with E-state index in [-0.39, 0.29) is 12.4 Å². The highest BCUT2D eigenvalue weighted by molar-refractivity contribution is 9.10. The minimum atomic E-state index is -0.534. The van der Waals surface area contributed by atoms with Crippen molar-refractivity contribution in [1.82, 2.24) is 0 Å². The number of hydrogen-bond acceptors (Lipinski definition) is 3. The molecule has 0 saturated carbocycles. The Morgan fingerprint density at radius 2 is 2.06 bits per heavy atom. The molecule has 0 bridgehead atoms. The molecule has 0 aromatic heterocycles. The van der Waals surface area contributed by atoms with E-state index in [4.69, 9.17) is 10.5 Å². The maximum Gasteiger partial charge on any atom is 0.124 e. The molecule has 0 radical (unpaired) electrons. The maximum atomic E-state index is 9.96. The maximum absolute atomic E-state index is 9.96. The summed E-state index contributed by atoms with van der Waals surface area (Å²) in [5, 5.41) is 9.96. The van der Waals surface area contributed by atoms with Crippen LogP contribution in [0.25, 0.3) is 0 Å². The molecule has 18 heavy (non-hydrogen) atoms. The van der Waals surface area contributed by atoms with Crippen LogP contribution >= 0.6 is 28.3 Å². The highest BCUT2D eigenvalue weighted by Crippen LogP contribution is 2.30. The van der Waals surface area contributed by atoms with Crippen molar-refractivity contribution in [2.75, 3.05) is 6.61 Å². The van der Waals surface area contributed by atoms with Gasteiger partial charge in [-0.15, -0.1) is 12.4 Å². The van der Waals surface area contributed by atoms with Gasteiger partial charge in [0.25, 0.3) is 0 Å². The number of benzene rings is 1. The summed E-state index contributed by atoms with van der Waals surface area (Å²) < 4.78 is 6.47. The quantitative estimate of drug-likeness (QED) is 0.835. The van der Waals surface area contributed by atoms with Crippen LogP contribution in [0.5, 0.6) is 5.75 Å². The van der Waals surface area contributed by atoms with Gasteiger partial charge in [-0.25, -0.2) is 0 Å². The van der Waals surface area contributed by atoms with Gasteiger partial charge in [-0.05, 0) is 31.5 Å². The highest BCUT2D eigenvalue weighted by Gasteiger charge is 2.20. The molecule has 1 rings (SSSR count). The second-order valence-electron chi connectivity index (χ2n) is 4.00. The Labute approximate surface area is 123 Å². The third-order valence-electron chi connectivity index (χ3n) is 2.63. The molecule has 0 spiro atoms. The fraction of sp³-hybridized carbons (Fsp3) is 0.538. The molecule has 0 saturated heterocycles. The van der Waals surface area contributed by atoms with Gasteiger partial charge in [-0.1, -0.05) is 29.3 Å². The topological polar surface area (TPSA) is 55.5 Å². The largest absolute Gasteiger partial charge is 0.494 e. The number of halogens is 2. The minimum absolute atomic E-state index is 0. The second-order valence-corrected chi connectivity index (χ2v) is 4.91. The number of hydrogen-bond donors (Lipinski definition) is 2. The van der Waals surface area contributed by atoms with E-state index >= 15 is 0 Å². The fourth-order valence-corrected chi connectivity index (χ4v) is 2.13. The first-order chi connectivity index (χ1) is 8.10. The van der Waals surface area contributed by atoms with Crippen molar-refractivity contribution < 1.29 is 9.84 Å². The molecule has 0 aliphatic carbocycles. The molecular formula is C13H21BrClNO2. The van der Waals surface area contributed by atoms with Gasteiger partial charge in [0.1, 0.15) is 5.75 Å². The molecule has 3 N–H and O–H groups in total. The summed E-state index contributed by atoms with van der Waals surface area (Å²) >= 11 is 3.41. The van der Waals surface area contributed by atoms with Crippen LogP contribution in [0.1, 0.15) is 38.3 Å². The van der Waals surface area contributed by atoms with Crippen molar-refractivity contribution in [3.8, 4) is 5.75 Å². The van der Waals surface area contributed by atoms with Crippen LogP contribution in [-0.2, 0) is 0 Å². The molecule has 0 heterocycles. The second kappa shape index (κ2) is 8.75. The van der Waals surface area contributed by atoms with E-state index in [0.29, 0.717) is 13.0 Å². The first-order valence-electron chi connectivity index (χ1n) is 5.96. The Hall–Kier alpha value is -0.290. The van der Waals surface area contributed by atoms with Gasteiger partial charge in [-0.3, -0.25) is 0 Å². The van der Waals surface area contributed by atoms with Gasteiger partial charge in [0.15, 0.2) is 0 Å². The van der Waals surface area contributed by atoms with Crippen molar-refractivity contribution in [2.45, 2.75) is 38.8 Å². The van der Waals surface area contributed by atoms with Crippen molar-refractivity contribution in [3.63, 3.8) is 0 Å². The molecule has 0 amide bonds. The van der Waals surface area contributed by atoms with Crippen LogP contribution in [0.2, 0.25) is 0 Å². The van der Waals surface area contributed by atoms with Crippen LogP contribution < -0.4 is 10.5 Å². The molecule has 104 valence electrons. The summed E-state index contributed by atoms with van der Waals surface area (Å²) in [5.41, 5.74) is 6.92. The Morgan fingerprint density at radius 3 is 2.61 bits per heavy atom. The molecule has 0 aliphatic heterocycles. The Kier molecular flexibility index (Phi) is 8.61. The molecule has 1 aromatic rings. The number of nitrogens with two attached hydrogens (primary N) is 1. The first kappa shape index (κ1) is 17.7. The zero-order valence-electron chi connectivity index (χ0n) is 10.7. The minimum Gasteiger partial charge on any atom is -0.494 e. The molecule has 3 nitrogen and oxygen atoms in total. The Morgan fingerprint density at radius 1 is 1.39 bits per heavy atom. The SMILES string of the molecule is CCC[C@@H](O)[C@@H](N)c1cc(Br)ccc1OCC.Cl. The number of rotatable bonds is 6. The van der Waals surface area contributed by atoms with Crippen LogP contribution in [-0.4, -0.2) is 17.8 Å². The normalized spacial score (nSPS) is 13.6. The lowest BCUT2D eigenvalue weighted by molar-refractivity contribution is 0.132. The molecule has 0 fully saturated rings. The third kappa shape index (κ3) is 4.76. The molecule has 0 aliphatic rings. The fourth-order valence-electron chi connectivity index (χ4n) is 1.75. The van der Waals surface area contributed by atoms with Gasteiger partial charge in [0.2, 0.25) is 0 Å². The van der Waals surface area contributed by atoms with Gasteiger partial charge in [0, 0.05) is 10.0 Å². The summed E-state index contributed by atoms with van der Waals surface area (Å²) in [6.07, 6.45) is 1.07. The molecule has 1 aromatic carbocycles. The van der Waals surface area contributed by atoms with Crippen molar-refractivity contribution in [3.05, 3.63) is 28.2 Å². The van der Waals surface area contributed by atoms with Gasteiger partial charge in [0.05, 0.1) is 18.8 Å². The van der Waals surface area contributed by atoms with Gasteiger partial charge >= 0.3 is 0 Å². The number of aliphatic hydroxyl groups is 1. The number of ether oxygens (including phenoxy) is 1. The van der Waals surface area contributed by atoms with Crippen LogP contribution in [0, 0.1) is 0 Å². The lowest BCUT2D eigenvalue weighted by Gasteiger charge is -2.21. The van der Waals surface area contributed by atoms with E-state index in [2.05, 4.69) is 15.9 Å². The Bertz CT molecular complexity index is 363. The summed E-state index contributed by atoms with van der Waals surface area (Å²) in [4.78, 5) is 0.